The Bertz CT molecular complexity index is 786. The normalized spacial score (nSPS) is 10.8. The molecular weight excluding hydrogens is 308 g/mol. The summed E-state index contributed by atoms with van der Waals surface area (Å²) in [6.07, 6.45) is 4.83. The van der Waals surface area contributed by atoms with Crippen LogP contribution in [0.1, 0.15) is 5.82 Å². The third kappa shape index (κ3) is 2.39. The number of hydrogen-bond acceptors (Lipinski definition) is 4. The van der Waals surface area contributed by atoms with Gasteiger partial charge in [-0.2, -0.15) is 0 Å². The van der Waals surface area contributed by atoms with E-state index in [-0.39, 0.29) is 5.56 Å². The van der Waals surface area contributed by atoms with E-state index < -0.39 is 0 Å². The Morgan fingerprint density at radius 2 is 1.95 bits per heavy atom. The number of aromatic nitrogens is 4. The van der Waals surface area contributed by atoms with Crippen molar-refractivity contribution in [2.45, 2.75) is 6.54 Å². The number of rotatable bonds is 2. The predicted molar refractivity (Wildman–Crippen MR) is 74.8 cm³/mol. The van der Waals surface area contributed by atoms with Crippen LogP contribution in [0.25, 0.3) is 10.9 Å². The van der Waals surface area contributed by atoms with Crippen molar-refractivity contribution in [1.82, 2.24) is 19.5 Å². The minimum absolute atomic E-state index is 0.0984. The lowest BCUT2D eigenvalue weighted by atomic mass is 10.2. The van der Waals surface area contributed by atoms with E-state index in [1.807, 2.05) is 12.1 Å². The summed E-state index contributed by atoms with van der Waals surface area (Å²) in [7, 11) is 0. The molecule has 5 nitrogen and oxygen atoms in total. The number of fused-ring (bicyclic) bond motifs is 1. The van der Waals surface area contributed by atoms with Crippen molar-refractivity contribution in [3.8, 4) is 0 Å². The largest absolute Gasteiger partial charge is 0.291 e. The Balaban J connectivity index is 2.10. The van der Waals surface area contributed by atoms with Gasteiger partial charge in [0, 0.05) is 16.9 Å². The van der Waals surface area contributed by atoms with Crippen LogP contribution in [-0.4, -0.2) is 19.5 Å². The second-order valence-corrected chi connectivity index (χ2v) is 4.92. The third-order valence-corrected chi connectivity index (χ3v) is 3.21. The minimum Gasteiger partial charge on any atom is -0.291 e. The van der Waals surface area contributed by atoms with E-state index >= 15 is 0 Å². The lowest BCUT2D eigenvalue weighted by molar-refractivity contribution is 0.706. The van der Waals surface area contributed by atoms with Gasteiger partial charge in [0.15, 0.2) is 0 Å². The molecule has 1 aromatic carbocycles. The fourth-order valence-electron chi connectivity index (χ4n) is 1.81. The zero-order valence-corrected chi connectivity index (χ0v) is 11.4. The van der Waals surface area contributed by atoms with Crippen molar-refractivity contribution in [2.24, 2.45) is 0 Å². The Kier molecular flexibility index (Phi) is 3.08. The first-order chi connectivity index (χ1) is 9.24. The number of hydrogen-bond donors (Lipinski definition) is 0. The lowest BCUT2D eigenvalue weighted by Gasteiger charge is -2.05. The first kappa shape index (κ1) is 12.0. The summed E-state index contributed by atoms with van der Waals surface area (Å²) in [4.78, 5) is 24.8. The molecule has 0 N–H and O–H groups in total. The minimum atomic E-state index is -0.0984. The zero-order chi connectivity index (χ0) is 13.2. The quantitative estimate of drug-likeness (QED) is 0.725. The summed E-state index contributed by atoms with van der Waals surface area (Å²) >= 11 is 3.36. The van der Waals surface area contributed by atoms with E-state index in [4.69, 9.17) is 0 Å². The van der Waals surface area contributed by atoms with Crippen molar-refractivity contribution < 1.29 is 0 Å². The number of nitrogens with zero attached hydrogens (tertiary/aromatic N) is 4. The summed E-state index contributed by atoms with van der Waals surface area (Å²) in [5, 5.41) is 0.577. The summed E-state index contributed by atoms with van der Waals surface area (Å²) < 4.78 is 2.36. The molecule has 0 radical (unpaired) electrons. The van der Waals surface area contributed by atoms with Crippen molar-refractivity contribution in [2.75, 3.05) is 0 Å². The van der Waals surface area contributed by atoms with E-state index in [0.29, 0.717) is 23.3 Å². The number of benzene rings is 1. The summed E-state index contributed by atoms with van der Waals surface area (Å²) in [5.41, 5.74) is 0.581. The highest BCUT2D eigenvalue weighted by Gasteiger charge is 2.06. The van der Waals surface area contributed by atoms with Gasteiger partial charge in [-0.05, 0) is 24.3 Å². The topological polar surface area (TPSA) is 60.7 Å². The molecule has 0 atom stereocenters. The molecule has 3 aromatic rings. The maximum Gasteiger partial charge on any atom is 0.261 e. The van der Waals surface area contributed by atoms with Crippen LogP contribution in [0.2, 0.25) is 0 Å². The Morgan fingerprint density at radius 3 is 2.74 bits per heavy atom. The average Bonchev–Trinajstić information content (AvgIpc) is 2.44. The second kappa shape index (κ2) is 4.89. The monoisotopic (exact) mass is 316 g/mol. The van der Waals surface area contributed by atoms with Gasteiger partial charge in [-0.25, -0.2) is 15.0 Å². The molecule has 19 heavy (non-hydrogen) atoms. The van der Waals surface area contributed by atoms with Gasteiger partial charge in [-0.1, -0.05) is 15.9 Å². The van der Waals surface area contributed by atoms with Crippen LogP contribution in [0.5, 0.6) is 0 Å². The van der Waals surface area contributed by atoms with Crippen molar-refractivity contribution in [3.63, 3.8) is 0 Å². The average molecular weight is 317 g/mol. The van der Waals surface area contributed by atoms with E-state index in [1.54, 1.807) is 24.5 Å². The molecule has 2 aromatic heterocycles. The van der Waals surface area contributed by atoms with E-state index in [1.165, 1.54) is 10.9 Å². The SMILES string of the molecule is O=c1c2cc(Br)ccc2ncn1Cc1ncccn1. The number of halogens is 1. The first-order valence-corrected chi connectivity index (χ1v) is 6.44. The summed E-state index contributed by atoms with van der Waals surface area (Å²) in [5.74, 6) is 0.584. The summed E-state index contributed by atoms with van der Waals surface area (Å²) in [6, 6.07) is 7.18. The molecule has 2 heterocycles. The first-order valence-electron chi connectivity index (χ1n) is 5.64. The van der Waals surface area contributed by atoms with Gasteiger partial charge in [0.25, 0.3) is 5.56 Å². The lowest BCUT2D eigenvalue weighted by Crippen LogP contribution is -2.22. The van der Waals surface area contributed by atoms with E-state index in [0.717, 1.165) is 4.47 Å². The maximum atomic E-state index is 12.3. The molecular formula is C13H9BrN4O. The second-order valence-electron chi connectivity index (χ2n) is 4.00. The molecule has 0 fully saturated rings. The standard InChI is InChI=1S/C13H9BrN4O/c14-9-2-3-11-10(6-9)13(19)18(8-17-11)7-12-15-4-1-5-16-12/h1-6,8H,7H2. The van der Waals surface area contributed by atoms with Gasteiger partial charge in [0.1, 0.15) is 5.82 Å². The van der Waals surface area contributed by atoms with Crippen LogP contribution in [0.3, 0.4) is 0 Å². The molecule has 0 saturated heterocycles. The van der Waals surface area contributed by atoms with Crippen LogP contribution < -0.4 is 5.56 Å². The molecule has 3 rings (SSSR count). The zero-order valence-electron chi connectivity index (χ0n) is 9.82. The van der Waals surface area contributed by atoms with Crippen LogP contribution in [-0.2, 0) is 6.54 Å². The maximum absolute atomic E-state index is 12.3. The molecule has 0 spiro atoms. The molecule has 0 bridgehead atoms. The molecule has 0 saturated carbocycles. The third-order valence-electron chi connectivity index (χ3n) is 2.72. The molecule has 6 heteroatoms. The van der Waals surface area contributed by atoms with E-state index in [9.17, 15) is 4.79 Å². The highest BCUT2D eigenvalue weighted by atomic mass is 79.9. The Hall–Kier alpha value is -2.08. The molecule has 0 aliphatic heterocycles. The van der Waals surface area contributed by atoms with E-state index in [2.05, 4.69) is 30.9 Å². The highest BCUT2D eigenvalue weighted by Crippen LogP contribution is 2.14. The predicted octanol–water partition coefficient (Wildman–Crippen LogP) is 2.00. The molecule has 0 unspecified atom stereocenters. The Morgan fingerprint density at radius 1 is 1.16 bits per heavy atom. The molecule has 0 amide bonds. The fraction of sp³-hybridized carbons (Fsp3) is 0.0769. The van der Waals surface area contributed by atoms with Crippen LogP contribution in [0.15, 0.2) is 52.3 Å². The molecule has 0 aliphatic carbocycles. The summed E-state index contributed by atoms with van der Waals surface area (Å²) in [6.45, 7) is 0.315. The van der Waals surface area contributed by atoms with Crippen molar-refractivity contribution in [1.29, 1.82) is 0 Å². The van der Waals surface area contributed by atoms with Gasteiger partial charge in [-0.3, -0.25) is 9.36 Å². The molecule has 94 valence electrons. The fourth-order valence-corrected chi connectivity index (χ4v) is 2.17. The van der Waals surface area contributed by atoms with Gasteiger partial charge in [-0.15, -0.1) is 0 Å². The van der Waals surface area contributed by atoms with Crippen LogP contribution in [0, 0.1) is 0 Å². The van der Waals surface area contributed by atoms with Crippen molar-refractivity contribution in [3.05, 3.63) is 63.6 Å². The highest BCUT2D eigenvalue weighted by molar-refractivity contribution is 9.10. The smallest absolute Gasteiger partial charge is 0.261 e. The van der Waals surface area contributed by atoms with Gasteiger partial charge in [0.05, 0.1) is 23.8 Å². The van der Waals surface area contributed by atoms with Crippen LogP contribution in [0.4, 0.5) is 0 Å². The van der Waals surface area contributed by atoms with Crippen molar-refractivity contribution >= 4 is 26.8 Å². The molecule has 0 aliphatic rings. The van der Waals surface area contributed by atoms with Crippen LogP contribution >= 0.6 is 15.9 Å². The Labute approximate surface area is 117 Å². The van der Waals surface area contributed by atoms with Gasteiger partial charge in [0.2, 0.25) is 0 Å². The van der Waals surface area contributed by atoms with Gasteiger partial charge < -0.3 is 0 Å². The van der Waals surface area contributed by atoms with Gasteiger partial charge >= 0.3 is 0 Å².